The van der Waals surface area contributed by atoms with Gasteiger partial charge in [-0.05, 0) is 13.0 Å². The quantitative estimate of drug-likeness (QED) is 0.434. The molecule has 0 aliphatic carbocycles. The molecule has 0 saturated heterocycles. The van der Waals surface area contributed by atoms with E-state index in [1.807, 2.05) is 0 Å². The third kappa shape index (κ3) is 20.2. The summed E-state index contributed by atoms with van der Waals surface area (Å²) >= 11 is 0. The number of unbranched alkanes of at least 4 members (excludes halogenated alkanes) is 15. The SMILES string of the molecule is CCCCCCCCCCCCCCCCCCN.[F-]. The van der Waals surface area contributed by atoms with Gasteiger partial charge in [-0.25, -0.2) is 0 Å². The van der Waals surface area contributed by atoms with Crippen molar-refractivity contribution >= 4 is 0 Å². The average Bonchev–Trinajstić information content (AvgIpc) is 2.43. The molecule has 0 aliphatic rings. The van der Waals surface area contributed by atoms with Crippen LogP contribution in [0.4, 0.5) is 0 Å². The minimum atomic E-state index is 0. The molecule has 0 radical (unpaired) electrons. The lowest BCUT2D eigenvalue weighted by Crippen LogP contribution is -3.00. The van der Waals surface area contributed by atoms with Gasteiger partial charge in [-0.1, -0.05) is 103 Å². The Balaban J connectivity index is 0. The largest absolute Gasteiger partial charge is 1.00 e. The van der Waals surface area contributed by atoms with E-state index in [0.717, 1.165) is 6.54 Å². The van der Waals surface area contributed by atoms with Gasteiger partial charge < -0.3 is 10.4 Å². The van der Waals surface area contributed by atoms with E-state index in [9.17, 15) is 0 Å². The Morgan fingerprint density at radius 2 is 0.700 bits per heavy atom. The first-order valence-corrected chi connectivity index (χ1v) is 9.12. The van der Waals surface area contributed by atoms with E-state index < -0.39 is 0 Å². The van der Waals surface area contributed by atoms with Crippen LogP contribution in [0, 0.1) is 0 Å². The van der Waals surface area contributed by atoms with Crippen LogP contribution in [0.3, 0.4) is 0 Å². The molecule has 0 spiro atoms. The maximum Gasteiger partial charge on any atom is -0.00773 e. The zero-order valence-corrected chi connectivity index (χ0v) is 14.0. The monoisotopic (exact) mass is 288 g/mol. The van der Waals surface area contributed by atoms with Gasteiger partial charge in [-0.3, -0.25) is 0 Å². The van der Waals surface area contributed by atoms with E-state index in [1.54, 1.807) is 0 Å². The van der Waals surface area contributed by atoms with Crippen molar-refractivity contribution in [1.29, 1.82) is 0 Å². The first-order valence-electron chi connectivity index (χ1n) is 9.12. The van der Waals surface area contributed by atoms with E-state index in [-0.39, 0.29) is 4.70 Å². The molecule has 1 nitrogen and oxygen atoms in total. The second-order valence-electron chi connectivity index (χ2n) is 6.09. The van der Waals surface area contributed by atoms with Gasteiger partial charge in [0, 0.05) is 0 Å². The van der Waals surface area contributed by atoms with Crippen molar-refractivity contribution in [2.24, 2.45) is 5.73 Å². The second-order valence-corrected chi connectivity index (χ2v) is 6.09. The molecule has 2 heteroatoms. The summed E-state index contributed by atoms with van der Waals surface area (Å²) in [5, 5.41) is 0. The molecular weight excluding hydrogens is 249 g/mol. The van der Waals surface area contributed by atoms with Crippen LogP contribution in [0.1, 0.15) is 110 Å². The van der Waals surface area contributed by atoms with Gasteiger partial charge >= 0.3 is 0 Å². The summed E-state index contributed by atoms with van der Waals surface area (Å²) in [4.78, 5) is 0. The van der Waals surface area contributed by atoms with Crippen molar-refractivity contribution in [2.45, 2.75) is 110 Å². The molecule has 0 fully saturated rings. The maximum absolute atomic E-state index is 5.48. The molecule has 20 heavy (non-hydrogen) atoms. The molecule has 0 rings (SSSR count). The Kier molecular flexibility index (Phi) is 23.5. The molecule has 124 valence electrons. The summed E-state index contributed by atoms with van der Waals surface area (Å²) in [7, 11) is 0. The predicted octanol–water partition coefficient (Wildman–Crippen LogP) is 3.21. The molecule has 0 aromatic heterocycles. The standard InChI is InChI=1S/C18H39N.FH/c1-2-3-4-5-6-7-8-9-10-11-12-13-14-15-16-17-18-19;/h2-19H2,1H3;1H/p-1. The normalized spacial score (nSPS) is 10.5. The third-order valence-electron chi connectivity index (χ3n) is 4.06. The molecule has 0 heterocycles. The number of rotatable bonds is 16. The molecule has 0 saturated carbocycles. The fourth-order valence-corrected chi connectivity index (χ4v) is 2.69. The zero-order valence-electron chi connectivity index (χ0n) is 14.0. The Hall–Kier alpha value is -0.110. The van der Waals surface area contributed by atoms with Gasteiger partial charge in [0.15, 0.2) is 0 Å². The highest BCUT2D eigenvalue weighted by Gasteiger charge is 1.94. The summed E-state index contributed by atoms with van der Waals surface area (Å²) in [5.74, 6) is 0. The van der Waals surface area contributed by atoms with Crippen molar-refractivity contribution in [1.82, 2.24) is 0 Å². The van der Waals surface area contributed by atoms with Crippen molar-refractivity contribution in [3.63, 3.8) is 0 Å². The highest BCUT2D eigenvalue weighted by molar-refractivity contribution is 4.49. The molecule has 0 unspecified atom stereocenters. The molecule has 0 aromatic carbocycles. The molecule has 0 amide bonds. The van der Waals surface area contributed by atoms with E-state index in [1.165, 1.54) is 103 Å². The van der Waals surface area contributed by atoms with Crippen LogP contribution in [-0.2, 0) is 0 Å². The van der Waals surface area contributed by atoms with Crippen LogP contribution in [0.25, 0.3) is 0 Å². The van der Waals surface area contributed by atoms with E-state index >= 15 is 0 Å². The minimum absolute atomic E-state index is 0. The Labute approximate surface area is 127 Å². The topological polar surface area (TPSA) is 26.0 Å². The lowest BCUT2D eigenvalue weighted by molar-refractivity contribution is -0.00000438. The molecule has 0 aliphatic heterocycles. The van der Waals surface area contributed by atoms with Gasteiger partial charge in [-0.15, -0.1) is 0 Å². The van der Waals surface area contributed by atoms with Crippen molar-refractivity contribution < 1.29 is 4.70 Å². The van der Waals surface area contributed by atoms with Crippen LogP contribution >= 0.6 is 0 Å². The maximum atomic E-state index is 5.48. The fourth-order valence-electron chi connectivity index (χ4n) is 2.69. The van der Waals surface area contributed by atoms with Gasteiger partial charge in [0.2, 0.25) is 0 Å². The smallest absolute Gasteiger partial charge is 0.00773 e. The number of nitrogens with two attached hydrogens (primary N) is 1. The molecule has 0 atom stereocenters. The van der Waals surface area contributed by atoms with Gasteiger partial charge in [0.05, 0.1) is 0 Å². The third-order valence-corrected chi connectivity index (χ3v) is 4.06. The van der Waals surface area contributed by atoms with Crippen molar-refractivity contribution in [2.75, 3.05) is 6.54 Å². The highest BCUT2D eigenvalue weighted by Crippen LogP contribution is 2.13. The van der Waals surface area contributed by atoms with Crippen molar-refractivity contribution in [3.05, 3.63) is 0 Å². The first-order chi connectivity index (χ1) is 9.41. The van der Waals surface area contributed by atoms with E-state index in [0.29, 0.717) is 0 Å². The summed E-state index contributed by atoms with van der Waals surface area (Å²) in [6.45, 7) is 3.16. The van der Waals surface area contributed by atoms with Gasteiger partial charge in [0.25, 0.3) is 0 Å². The predicted molar refractivity (Wildman–Crippen MR) is 88.6 cm³/mol. The molecular formula is C18H39FN-. The van der Waals surface area contributed by atoms with Gasteiger partial charge in [-0.2, -0.15) is 0 Å². The summed E-state index contributed by atoms with van der Waals surface area (Å²) < 4.78 is 0. The zero-order chi connectivity index (χ0) is 14.0. The average molecular weight is 289 g/mol. The number of hydrogen-bond acceptors (Lipinski definition) is 1. The number of hydrogen-bond donors (Lipinski definition) is 1. The summed E-state index contributed by atoms with van der Waals surface area (Å²) in [5.41, 5.74) is 5.48. The minimum Gasteiger partial charge on any atom is -1.00 e. The fraction of sp³-hybridized carbons (Fsp3) is 1.00. The van der Waals surface area contributed by atoms with E-state index in [2.05, 4.69) is 6.92 Å². The van der Waals surface area contributed by atoms with Crippen LogP contribution in [-0.4, -0.2) is 6.54 Å². The van der Waals surface area contributed by atoms with Crippen molar-refractivity contribution in [3.8, 4) is 0 Å². The summed E-state index contributed by atoms with van der Waals surface area (Å²) in [6.07, 6.45) is 22.9. The number of halogens is 1. The second kappa shape index (κ2) is 21.2. The van der Waals surface area contributed by atoms with Crippen LogP contribution < -0.4 is 10.4 Å². The Bertz CT molecular complexity index is 134. The lowest BCUT2D eigenvalue weighted by Gasteiger charge is -2.03. The molecule has 2 N–H and O–H groups in total. The van der Waals surface area contributed by atoms with Crippen LogP contribution in [0.15, 0.2) is 0 Å². The summed E-state index contributed by atoms with van der Waals surface area (Å²) in [6, 6.07) is 0. The Morgan fingerprint density at radius 3 is 0.950 bits per heavy atom. The lowest BCUT2D eigenvalue weighted by atomic mass is 10.0. The highest BCUT2D eigenvalue weighted by atomic mass is 19.0. The van der Waals surface area contributed by atoms with Crippen LogP contribution in [0.2, 0.25) is 0 Å². The van der Waals surface area contributed by atoms with E-state index in [4.69, 9.17) is 5.73 Å². The van der Waals surface area contributed by atoms with Crippen LogP contribution in [0.5, 0.6) is 0 Å². The molecule has 0 bridgehead atoms. The first kappa shape index (κ1) is 22.2. The molecule has 0 aromatic rings. The Morgan fingerprint density at radius 1 is 0.450 bits per heavy atom. The van der Waals surface area contributed by atoms with Gasteiger partial charge in [0.1, 0.15) is 0 Å².